The SMILES string of the molecule is C=CC(=O)NCc1cn(CC[N+](C)(C)CCCS(=O)(=O)O)nn1. The lowest BCUT2D eigenvalue weighted by Crippen LogP contribution is -2.43. The lowest BCUT2D eigenvalue weighted by Gasteiger charge is -2.29. The molecule has 0 aliphatic rings. The number of rotatable bonds is 10. The van der Waals surface area contributed by atoms with Crippen LogP contribution >= 0.6 is 0 Å². The maximum absolute atomic E-state index is 11.1. The van der Waals surface area contributed by atoms with Crippen LogP contribution in [0.15, 0.2) is 18.9 Å². The first kappa shape index (κ1) is 19.3. The van der Waals surface area contributed by atoms with Gasteiger partial charge in [0.05, 0.1) is 52.2 Å². The first-order valence-corrected chi connectivity index (χ1v) is 8.79. The van der Waals surface area contributed by atoms with Gasteiger partial charge in [0.15, 0.2) is 0 Å². The predicted molar refractivity (Wildman–Crippen MR) is 84.9 cm³/mol. The van der Waals surface area contributed by atoms with Crippen molar-refractivity contribution in [3.8, 4) is 0 Å². The highest BCUT2D eigenvalue weighted by atomic mass is 32.2. The zero-order chi connectivity index (χ0) is 17.5. The van der Waals surface area contributed by atoms with Crippen LogP contribution in [0.3, 0.4) is 0 Å². The molecule has 1 heterocycles. The molecule has 0 spiro atoms. The molecule has 0 aromatic carbocycles. The summed E-state index contributed by atoms with van der Waals surface area (Å²) in [5, 5.41) is 10.6. The number of quaternary nitrogens is 1. The van der Waals surface area contributed by atoms with Crippen LogP contribution in [-0.4, -0.2) is 71.3 Å². The maximum Gasteiger partial charge on any atom is 0.265 e. The van der Waals surface area contributed by atoms with Crippen molar-refractivity contribution in [3.05, 3.63) is 24.5 Å². The highest BCUT2D eigenvalue weighted by Gasteiger charge is 2.17. The quantitative estimate of drug-likeness (QED) is 0.333. The number of likely N-dealkylation sites (N-methyl/N-ethyl adjacent to an activating group) is 1. The van der Waals surface area contributed by atoms with Gasteiger partial charge in [-0.25, -0.2) is 4.68 Å². The summed E-state index contributed by atoms with van der Waals surface area (Å²) in [6.45, 7) is 5.62. The summed E-state index contributed by atoms with van der Waals surface area (Å²) in [6, 6.07) is 0. The van der Waals surface area contributed by atoms with Crippen LogP contribution in [0.25, 0.3) is 0 Å². The zero-order valence-electron chi connectivity index (χ0n) is 13.5. The van der Waals surface area contributed by atoms with Gasteiger partial charge in [0, 0.05) is 6.42 Å². The smallest absolute Gasteiger partial charge is 0.265 e. The Kier molecular flexibility index (Phi) is 6.85. The normalized spacial score (nSPS) is 12.1. The van der Waals surface area contributed by atoms with Crippen molar-refractivity contribution in [3.63, 3.8) is 0 Å². The summed E-state index contributed by atoms with van der Waals surface area (Å²) in [7, 11) is 0.0516. The van der Waals surface area contributed by atoms with Gasteiger partial charge in [-0.3, -0.25) is 9.35 Å². The molecule has 0 unspecified atom stereocenters. The van der Waals surface area contributed by atoms with Gasteiger partial charge in [0.2, 0.25) is 5.91 Å². The van der Waals surface area contributed by atoms with Gasteiger partial charge in [0.25, 0.3) is 10.1 Å². The first-order valence-electron chi connectivity index (χ1n) is 7.18. The zero-order valence-corrected chi connectivity index (χ0v) is 14.3. The highest BCUT2D eigenvalue weighted by Crippen LogP contribution is 2.03. The summed E-state index contributed by atoms with van der Waals surface area (Å²) in [5.41, 5.74) is 0.650. The van der Waals surface area contributed by atoms with Crippen molar-refractivity contribution >= 4 is 16.0 Å². The van der Waals surface area contributed by atoms with Crippen molar-refractivity contribution in [1.82, 2.24) is 20.3 Å². The van der Waals surface area contributed by atoms with Crippen LogP contribution in [0, 0.1) is 0 Å². The lowest BCUT2D eigenvalue weighted by molar-refractivity contribution is -0.891. The fourth-order valence-electron chi connectivity index (χ4n) is 1.94. The third-order valence-electron chi connectivity index (χ3n) is 3.32. The molecule has 2 N–H and O–H groups in total. The minimum Gasteiger partial charge on any atom is -0.347 e. The summed E-state index contributed by atoms with van der Waals surface area (Å²) >= 11 is 0. The number of nitrogens with zero attached hydrogens (tertiary/aromatic N) is 4. The van der Waals surface area contributed by atoms with E-state index in [4.69, 9.17) is 4.55 Å². The van der Waals surface area contributed by atoms with E-state index >= 15 is 0 Å². The molecule has 0 bridgehead atoms. The van der Waals surface area contributed by atoms with Gasteiger partial charge in [-0.15, -0.1) is 5.10 Å². The van der Waals surface area contributed by atoms with E-state index in [2.05, 4.69) is 22.2 Å². The van der Waals surface area contributed by atoms with Crippen molar-refractivity contribution in [2.24, 2.45) is 0 Å². The molecule has 9 nitrogen and oxygen atoms in total. The molecular weight excluding hydrogens is 322 g/mol. The van der Waals surface area contributed by atoms with Gasteiger partial charge in [-0.1, -0.05) is 11.8 Å². The van der Waals surface area contributed by atoms with Gasteiger partial charge in [-0.05, 0) is 6.08 Å². The minimum atomic E-state index is -3.90. The Balaban J connectivity index is 2.40. The van der Waals surface area contributed by atoms with Crippen molar-refractivity contribution < 1.29 is 22.2 Å². The molecule has 0 fully saturated rings. The number of carbonyl (C=O) groups excluding carboxylic acids is 1. The molecule has 0 aliphatic carbocycles. The molecule has 0 saturated carbocycles. The molecule has 0 atom stereocenters. The lowest BCUT2D eigenvalue weighted by atomic mass is 10.3. The van der Waals surface area contributed by atoms with E-state index < -0.39 is 10.1 Å². The number of carbonyl (C=O) groups is 1. The predicted octanol–water partition coefficient (Wildman–Crippen LogP) is -0.565. The second kappa shape index (κ2) is 8.18. The topological polar surface area (TPSA) is 114 Å². The van der Waals surface area contributed by atoms with Gasteiger partial charge >= 0.3 is 0 Å². The third kappa shape index (κ3) is 8.43. The van der Waals surface area contributed by atoms with Crippen LogP contribution in [0.2, 0.25) is 0 Å². The van der Waals surface area contributed by atoms with Crippen LogP contribution < -0.4 is 5.32 Å². The summed E-state index contributed by atoms with van der Waals surface area (Å²) in [4.78, 5) is 11.1. The molecule has 1 aromatic heterocycles. The van der Waals surface area contributed by atoms with Gasteiger partial charge < -0.3 is 9.80 Å². The van der Waals surface area contributed by atoms with Crippen molar-refractivity contribution in [2.75, 3.05) is 32.9 Å². The van der Waals surface area contributed by atoms with Crippen LogP contribution in [0.4, 0.5) is 0 Å². The van der Waals surface area contributed by atoms with Gasteiger partial charge in [-0.2, -0.15) is 8.42 Å². The number of aromatic nitrogens is 3. The molecule has 23 heavy (non-hydrogen) atoms. The van der Waals surface area contributed by atoms with E-state index in [1.807, 2.05) is 14.1 Å². The molecule has 1 amide bonds. The maximum atomic E-state index is 11.1. The molecule has 0 aliphatic heterocycles. The number of hydrogen-bond donors (Lipinski definition) is 2. The molecule has 1 aromatic rings. The van der Waals surface area contributed by atoms with Crippen LogP contribution in [0.1, 0.15) is 12.1 Å². The average molecular weight is 346 g/mol. The van der Waals surface area contributed by atoms with Crippen LogP contribution in [0.5, 0.6) is 0 Å². The Morgan fingerprint density at radius 1 is 1.48 bits per heavy atom. The molecular formula is C13H24N5O4S+. The largest absolute Gasteiger partial charge is 0.347 e. The fourth-order valence-corrected chi connectivity index (χ4v) is 2.43. The summed E-state index contributed by atoms with van der Waals surface area (Å²) in [6.07, 6.45) is 3.33. The highest BCUT2D eigenvalue weighted by molar-refractivity contribution is 7.85. The average Bonchev–Trinajstić information content (AvgIpc) is 2.89. The Hall–Kier alpha value is -1.78. The minimum absolute atomic E-state index is 0.231. The van der Waals surface area contributed by atoms with E-state index in [0.29, 0.717) is 29.7 Å². The molecule has 130 valence electrons. The third-order valence-corrected chi connectivity index (χ3v) is 4.12. The Morgan fingerprint density at radius 3 is 2.78 bits per heavy atom. The molecule has 0 saturated heterocycles. The van der Waals surface area contributed by atoms with E-state index in [1.165, 1.54) is 6.08 Å². The Morgan fingerprint density at radius 2 is 2.17 bits per heavy atom. The summed E-state index contributed by atoms with van der Waals surface area (Å²) in [5.74, 6) is -0.498. The number of nitrogens with one attached hydrogen (secondary N) is 1. The van der Waals surface area contributed by atoms with E-state index in [0.717, 1.165) is 6.54 Å². The van der Waals surface area contributed by atoms with E-state index in [9.17, 15) is 13.2 Å². The van der Waals surface area contributed by atoms with E-state index in [1.54, 1.807) is 10.9 Å². The van der Waals surface area contributed by atoms with Crippen LogP contribution in [-0.2, 0) is 28.0 Å². The Labute approximate surface area is 136 Å². The molecule has 0 radical (unpaired) electrons. The monoisotopic (exact) mass is 346 g/mol. The molecule has 1 rings (SSSR count). The Bertz CT molecular complexity index is 639. The van der Waals surface area contributed by atoms with Crippen molar-refractivity contribution in [2.45, 2.75) is 19.5 Å². The second-order valence-electron chi connectivity index (χ2n) is 5.92. The molecule has 10 heteroatoms. The first-order chi connectivity index (χ1) is 10.6. The fraction of sp³-hybridized carbons (Fsp3) is 0.615. The van der Waals surface area contributed by atoms with Gasteiger partial charge in [0.1, 0.15) is 5.69 Å². The number of hydrogen-bond acceptors (Lipinski definition) is 5. The second-order valence-corrected chi connectivity index (χ2v) is 7.49. The van der Waals surface area contributed by atoms with E-state index in [-0.39, 0.29) is 18.2 Å². The van der Waals surface area contributed by atoms with Crippen molar-refractivity contribution in [1.29, 1.82) is 0 Å². The number of amides is 1. The standard InChI is InChI=1S/C13H23N5O4S/c1-4-13(19)14-10-12-11-17(16-15-12)6-8-18(2,3)7-5-9-23(20,21)22/h4,11H,1,5-10H2,2-3H3,(H-,14,19,20,21,22)/p+1. The summed E-state index contributed by atoms with van der Waals surface area (Å²) < 4.78 is 32.5.